The predicted octanol–water partition coefficient (Wildman–Crippen LogP) is 8.23. The molecule has 2 aromatic heterocycles. The average molecular weight is 557 g/mol. The van der Waals surface area contributed by atoms with Gasteiger partial charge in [0.05, 0.1) is 11.6 Å². The topological polar surface area (TPSA) is 106 Å². The molecule has 0 spiro atoms. The molecule has 8 nitrogen and oxygen atoms in total. The first-order chi connectivity index (χ1) is 18.9. The summed E-state index contributed by atoms with van der Waals surface area (Å²) in [5, 5.41) is 30.4. The molecule has 0 fully saturated rings. The van der Waals surface area contributed by atoms with E-state index in [0.717, 1.165) is 35.8 Å². The fourth-order valence-electron chi connectivity index (χ4n) is 4.15. The molecule has 2 aromatic carbocycles. The van der Waals surface area contributed by atoms with Gasteiger partial charge in [-0.1, -0.05) is 79.2 Å². The van der Waals surface area contributed by atoms with Crippen molar-refractivity contribution in [1.82, 2.24) is 14.5 Å². The van der Waals surface area contributed by atoms with Gasteiger partial charge in [-0.15, -0.1) is 10.2 Å². The van der Waals surface area contributed by atoms with Gasteiger partial charge in [-0.25, -0.2) is 4.98 Å². The van der Waals surface area contributed by atoms with Crippen molar-refractivity contribution in [2.24, 2.45) is 10.2 Å². The van der Waals surface area contributed by atoms with Gasteiger partial charge in [-0.3, -0.25) is 4.57 Å². The van der Waals surface area contributed by atoms with Crippen LogP contribution in [0.2, 0.25) is 5.02 Å². The van der Waals surface area contributed by atoms with Crippen LogP contribution in [0.4, 0.5) is 16.1 Å². The average Bonchev–Trinajstić information content (AvgIpc) is 3.53. The van der Waals surface area contributed by atoms with Crippen LogP contribution in [0.1, 0.15) is 62.5 Å². The van der Waals surface area contributed by atoms with Crippen molar-refractivity contribution in [1.29, 1.82) is 10.5 Å². The van der Waals surface area contributed by atoms with Crippen molar-refractivity contribution < 1.29 is 0 Å². The van der Waals surface area contributed by atoms with Gasteiger partial charge < -0.3 is 4.90 Å². The maximum absolute atomic E-state index is 9.84. The number of halogens is 1. The standard InChI is InChI=1S/C29H29ClN8S/c1-5-19(4)21-14-12-20(13-15-21)18-38-25(17-32)24(16-31)33-28(38)36-35-27-26(22-10-8-9-11-23(22)30)34-29(39-27)37(6-2)7-3/h8-15,19H,5-7,18H2,1-4H3. The lowest BCUT2D eigenvalue weighted by Gasteiger charge is -2.16. The van der Waals surface area contributed by atoms with Crippen LogP contribution in [0.3, 0.4) is 0 Å². The van der Waals surface area contributed by atoms with E-state index in [9.17, 15) is 10.5 Å². The number of hydrogen-bond donors (Lipinski definition) is 0. The van der Waals surface area contributed by atoms with Crippen molar-refractivity contribution in [3.05, 3.63) is 76.1 Å². The zero-order chi connectivity index (χ0) is 27.9. The third-order valence-corrected chi connectivity index (χ3v) is 7.98. The van der Waals surface area contributed by atoms with Gasteiger partial charge >= 0.3 is 0 Å². The number of azo groups is 1. The monoisotopic (exact) mass is 556 g/mol. The summed E-state index contributed by atoms with van der Waals surface area (Å²) in [4.78, 5) is 11.3. The van der Waals surface area contributed by atoms with Crippen LogP contribution in [0.5, 0.6) is 0 Å². The molecule has 0 N–H and O–H groups in total. The Kier molecular flexibility index (Phi) is 9.08. The summed E-state index contributed by atoms with van der Waals surface area (Å²) in [7, 11) is 0. The molecule has 4 rings (SSSR count). The number of thiazole rings is 1. The summed E-state index contributed by atoms with van der Waals surface area (Å²) in [5.41, 5.74) is 3.76. The van der Waals surface area contributed by atoms with E-state index in [2.05, 4.69) is 66.0 Å². The fraction of sp³-hybridized carbons (Fsp3) is 0.310. The molecule has 39 heavy (non-hydrogen) atoms. The Hall–Kier alpha value is -4.05. The number of nitriles is 2. The Labute approximate surface area is 237 Å². The first-order valence-corrected chi connectivity index (χ1v) is 14.0. The normalized spacial score (nSPS) is 11.9. The lowest BCUT2D eigenvalue weighted by atomic mass is 9.98. The highest BCUT2D eigenvalue weighted by molar-refractivity contribution is 7.19. The van der Waals surface area contributed by atoms with Crippen LogP contribution >= 0.6 is 22.9 Å². The molecule has 0 aliphatic carbocycles. The SMILES string of the molecule is CCC(C)c1ccc(Cn2c(N=Nc3sc(N(CC)CC)nc3-c3ccccc3Cl)nc(C#N)c2C#N)cc1. The van der Waals surface area contributed by atoms with Crippen LogP contribution in [-0.4, -0.2) is 27.6 Å². The number of imidazole rings is 1. The summed E-state index contributed by atoms with van der Waals surface area (Å²) in [5.74, 6) is 0.640. The first-order valence-electron chi connectivity index (χ1n) is 12.9. The highest BCUT2D eigenvalue weighted by atomic mass is 35.5. The van der Waals surface area contributed by atoms with Gasteiger partial charge in [-0.2, -0.15) is 15.5 Å². The van der Waals surface area contributed by atoms with Gasteiger partial charge in [0.2, 0.25) is 0 Å². The van der Waals surface area contributed by atoms with Gasteiger partial charge in [0.15, 0.2) is 21.5 Å². The minimum absolute atomic E-state index is 0.0159. The Balaban J connectivity index is 1.76. The molecule has 1 unspecified atom stereocenters. The molecule has 0 saturated carbocycles. The van der Waals surface area contributed by atoms with Crippen molar-refractivity contribution in [3.8, 4) is 23.4 Å². The number of anilines is 1. The lowest BCUT2D eigenvalue weighted by Crippen LogP contribution is -2.21. The molecule has 0 radical (unpaired) electrons. The zero-order valence-electron chi connectivity index (χ0n) is 22.4. The smallest absolute Gasteiger partial charge is 0.252 e. The number of aromatic nitrogens is 3. The van der Waals surface area contributed by atoms with Gasteiger partial charge in [0.1, 0.15) is 17.8 Å². The molecule has 1 atom stereocenters. The van der Waals surface area contributed by atoms with Crippen molar-refractivity contribution >= 4 is 39.0 Å². The lowest BCUT2D eigenvalue weighted by molar-refractivity contribution is 0.730. The maximum Gasteiger partial charge on any atom is 0.252 e. The van der Waals surface area contributed by atoms with Crippen molar-refractivity contribution in [3.63, 3.8) is 0 Å². The van der Waals surface area contributed by atoms with E-state index in [1.54, 1.807) is 4.57 Å². The number of hydrogen-bond acceptors (Lipinski definition) is 8. The molecule has 0 aliphatic heterocycles. The summed E-state index contributed by atoms with van der Waals surface area (Å²) in [6.07, 6.45) is 1.05. The number of rotatable bonds is 10. The van der Waals surface area contributed by atoms with Crippen LogP contribution < -0.4 is 4.90 Å². The van der Waals surface area contributed by atoms with Gasteiger partial charge in [0, 0.05) is 18.7 Å². The van der Waals surface area contributed by atoms with E-state index in [4.69, 9.17) is 16.6 Å². The van der Waals surface area contributed by atoms with E-state index in [1.165, 1.54) is 16.9 Å². The van der Waals surface area contributed by atoms with E-state index >= 15 is 0 Å². The Bertz CT molecular complexity index is 1550. The molecule has 0 bridgehead atoms. The maximum atomic E-state index is 9.84. The largest absolute Gasteiger partial charge is 0.349 e. The van der Waals surface area contributed by atoms with E-state index in [1.807, 2.05) is 42.5 Å². The zero-order valence-corrected chi connectivity index (χ0v) is 24.0. The van der Waals surface area contributed by atoms with Gasteiger partial charge in [0.25, 0.3) is 5.95 Å². The molecule has 10 heteroatoms. The molecule has 198 valence electrons. The van der Waals surface area contributed by atoms with Crippen LogP contribution in [0.15, 0.2) is 58.8 Å². The van der Waals surface area contributed by atoms with E-state index in [0.29, 0.717) is 28.2 Å². The minimum Gasteiger partial charge on any atom is -0.349 e. The Morgan fingerprint density at radius 1 is 1.00 bits per heavy atom. The van der Waals surface area contributed by atoms with Crippen molar-refractivity contribution in [2.45, 2.75) is 46.6 Å². The second-order valence-electron chi connectivity index (χ2n) is 8.97. The third kappa shape index (κ3) is 6.01. The molecule has 0 saturated heterocycles. The van der Waals surface area contributed by atoms with Crippen LogP contribution in [0, 0.1) is 22.7 Å². The number of nitrogens with zero attached hydrogens (tertiary/aromatic N) is 8. The van der Waals surface area contributed by atoms with Crippen LogP contribution in [-0.2, 0) is 6.54 Å². The van der Waals surface area contributed by atoms with Crippen molar-refractivity contribution in [2.75, 3.05) is 18.0 Å². The van der Waals surface area contributed by atoms with E-state index in [-0.39, 0.29) is 17.3 Å². The summed E-state index contributed by atoms with van der Waals surface area (Å²) in [6, 6.07) is 19.9. The molecule has 2 heterocycles. The first kappa shape index (κ1) is 28.0. The second kappa shape index (κ2) is 12.7. The third-order valence-electron chi connectivity index (χ3n) is 6.65. The van der Waals surface area contributed by atoms with E-state index < -0.39 is 0 Å². The van der Waals surface area contributed by atoms with Crippen LogP contribution in [0.25, 0.3) is 11.3 Å². The molecular formula is C29H29ClN8S. The van der Waals surface area contributed by atoms with Gasteiger partial charge in [-0.05, 0) is 43.4 Å². The highest BCUT2D eigenvalue weighted by Gasteiger charge is 2.20. The quantitative estimate of drug-likeness (QED) is 0.183. The molecule has 0 aliphatic rings. The fourth-order valence-corrected chi connectivity index (χ4v) is 5.40. The minimum atomic E-state index is 0.0159. The molecule has 4 aromatic rings. The predicted molar refractivity (Wildman–Crippen MR) is 156 cm³/mol. The Morgan fingerprint density at radius 3 is 2.33 bits per heavy atom. The molecule has 0 amide bonds. The second-order valence-corrected chi connectivity index (χ2v) is 10.3. The number of benzene rings is 2. The Morgan fingerprint density at radius 2 is 1.72 bits per heavy atom. The summed E-state index contributed by atoms with van der Waals surface area (Å²) < 4.78 is 1.63. The highest BCUT2D eigenvalue weighted by Crippen LogP contribution is 2.42. The molecular weight excluding hydrogens is 528 g/mol. The summed E-state index contributed by atoms with van der Waals surface area (Å²) >= 11 is 7.92. The summed E-state index contributed by atoms with van der Waals surface area (Å²) in [6.45, 7) is 10.4.